The molecule has 0 aromatic heterocycles. The number of rotatable bonds is 4. The van der Waals surface area contributed by atoms with E-state index < -0.39 is 5.97 Å². The Kier molecular flexibility index (Phi) is 4.51. The van der Waals surface area contributed by atoms with E-state index in [1.54, 1.807) is 12.1 Å². The van der Waals surface area contributed by atoms with Crippen molar-refractivity contribution in [3.8, 4) is 0 Å². The topological polar surface area (TPSA) is 38.3 Å². The normalized spacial score (nSPS) is 12.4. The zero-order valence-corrected chi connectivity index (χ0v) is 9.24. The second kappa shape index (κ2) is 5.90. The molecule has 0 saturated heterocycles. The third kappa shape index (κ3) is 3.73. The van der Waals surface area contributed by atoms with E-state index >= 15 is 0 Å². The smallest absolute Gasteiger partial charge is 0.331 e. The van der Waals surface area contributed by atoms with Gasteiger partial charge in [0.05, 0.1) is 7.11 Å². The molecule has 0 radical (unpaired) electrons. The van der Waals surface area contributed by atoms with E-state index in [9.17, 15) is 9.18 Å². The zero-order valence-electron chi connectivity index (χ0n) is 9.24. The average molecular weight is 223 g/mol. The van der Waals surface area contributed by atoms with E-state index in [1.807, 2.05) is 6.92 Å². The predicted molar refractivity (Wildman–Crippen MR) is 59.1 cm³/mol. The molecule has 1 atom stereocenters. The number of benzene rings is 1. The molecule has 0 aliphatic carbocycles. The minimum absolute atomic E-state index is 0.00139. The quantitative estimate of drug-likeness (QED) is 0.628. The van der Waals surface area contributed by atoms with Crippen LogP contribution in [0.25, 0.3) is 0 Å². The molecule has 0 spiro atoms. The third-order valence-electron chi connectivity index (χ3n) is 2.14. The standard InChI is InChI=1S/C12H14FNO2/c1-9(14-8-7-12(15)16-2)10-3-5-11(13)6-4-10/h3-9,14H,1-2H3/b8-7+. The van der Waals surface area contributed by atoms with Gasteiger partial charge in [-0.2, -0.15) is 0 Å². The SMILES string of the molecule is COC(=O)/C=C/NC(C)c1ccc(F)cc1. The molecule has 0 saturated carbocycles. The van der Waals surface area contributed by atoms with Crippen LogP contribution in [-0.2, 0) is 9.53 Å². The molecule has 16 heavy (non-hydrogen) atoms. The molecule has 1 N–H and O–H groups in total. The Hall–Kier alpha value is -1.84. The maximum Gasteiger partial charge on any atom is 0.331 e. The Labute approximate surface area is 93.9 Å². The molecule has 4 heteroatoms. The first kappa shape index (κ1) is 12.2. The van der Waals surface area contributed by atoms with Crippen LogP contribution >= 0.6 is 0 Å². The summed E-state index contributed by atoms with van der Waals surface area (Å²) < 4.78 is 17.1. The largest absolute Gasteiger partial charge is 0.466 e. The number of hydrogen-bond acceptors (Lipinski definition) is 3. The molecule has 0 aliphatic heterocycles. The van der Waals surface area contributed by atoms with Crippen molar-refractivity contribution >= 4 is 5.97 Å². The van der Waals surface area contributed by atoms with Gasteiger partial charge in [0.25, 0.3) is 0 Å². The number of methoxy groups -OCH3 is 1. The van der Waals surface area contributed by atoms with Crippen LogP contribution in [0.3, 0.4) is 0 Å². The second-order valence-corrected chi connectivity index (χ2v) is 3.30. The van der Waals surface area contributed by atoms with Crippen LogP contribution in [0.5, 0.6) is 0 Å². The minimum Gasteiger partial charge on any atom is -0.466 e. The summed E-state index contributed by atoms with van der Waals surface area (Å²) >= 11 is 0. The number of carbonyl (C=O) groups is 1. The van der Waals surface area contributed by atoms with Crippen molar-refractivity contribution in [2.24, 2.45) is 0 Å². The van der Waals surface area contributed by atoms with Crippen molar-refractivity contribution in [3.63, 3.8) is 0 Å². The molecular formula is C12H14FNO2. The van der Waals surface area contributed by atoms with Crippen LogP contribution in [0.2, 0.25) is 0 Å². The number of hydrogen-bond donors (Lipinski definition) is 1. The average Bonchev–Trinajstić information content (AvgIpc) is 2.29. The molecular weight excluding hydrogens is 209 g/mol. The summed E-state index contributed by atoms with van der Waals surface area (Å²) in [6, 6.07) is 6.19. The fourth-order valence-electron chi connectivity index (χ4n) is 1.18. The fraction of sp³-hybridized carbons (Fsp3) is 0.250. The van der Waals surface area contributed by atoms with Crippen molar-refractivity contribution in [1.82, 2.24) is 5.32 Å². The zero-order chi connectivity index (χ0) is 12.0. The van der Waals surface area contributed by atoms with Gasteiger partial charge >= 0.3 is 5.97 Å². The van der Waals surface area contributed by atoms with E-state index in [0.29, 0.717) is 0 Å². The maximum atomic E-state index is 12.7. The maximum absolute atomic E-state index is 12.7. The van der Waals surface area contributed by atoms with Crippen molar-refractivity contribution < 1.29 is 13.9 Å². The first-order chi connectivity index (χ1) is 7.63. The van der Waals surface area contributed by atoms with Crippen LogP contribution in [0.1, 0.15) is 18.5 Å². The fourth-order valence-corrected chi connectivity index (χ4v) is 1.18. The lowest BCUT2D eigenvalue weighted by Crippen LogP contribution is -2.12. The third-order valence-corrected chi connectivity index (χ3v) is 2.14. The molecule has 1 unspecified atom stereocenters. The second-order valence-electron chi connectivity index (χ2n) is 3.30. The summed E-state index contributed by atoms with van der Waals surface area (Å²) in [5.74, 6) is -0.681. The highest BCUT2D eigenvalue weighted by atomic mass is 19.1. The highest BCUT2D eigenvalue weighted by Crippen LogP contribution is 2.12. The number of nitrogens with one attached hydrogen (secondary N) is 1. The Bertz CT molecular complexity index is 373. The lowest BCUT2D eigenvalue weighted by molar-refractivity contribution is -0.134. The van der Waals surface area contributed by atoms with Gasteiger partial charge in [0.15, 0.2) is 0 Å². The summed E-state index contributed by atoms with van der Waals surface area (Å²) in [6.45, 7) is 1.91. The van der Waals surface area contributed by atoms with Gasteiger partial charge in [0, 0.05) is 18.3 Å². The minimum atomic E-state index is -0.418. The molecule has 86 valence electrons. The van der Waals surface area contributed by atoms with E-state index in [0.717, 1.165) is 5.56 Å². The number of halogens is 1. The molecule has 1 aromatic rings. The van der Waals surface area contributed by atoms with Gasteiger partial charge in [-0.3, -0.25) is 0 Å². The number of carbonyl (C=O) groups excluding carboxylic acids is 1. The van der Waals surface area contributed by atoms with Gasteiger partial charge < -0.3 is 10.1 Å². The molecule has 3 nitrogen and oxygen atoms in total. The lowest BCUT2D eigenvalue weighted by Gasteiger charge is -2.11. The number of ether oxygens (including phenoxy) is 1. The van der Waals surface area contributed by atoms with Gasteiger partial charge in [-0.25, -0.2) is 9.18 Å². The van der Waals surface area contributed by atoms with Crippen LogP contribution < -0.4 is 5.32 Å². The van der Waals surface area contributed by atoms with Crippen molar-refractivity contribution in [2.75, 3.05) is 7.11 Å². The molecule has 0 aliphatic rings. The Morgan fingerprint density at radius 3 is 2.62 bits per heavy atom. The highest BCUT2D eigenvalue weighted by Gasteiger charge is 2.02. The molecule has 0 amide bonds. The van der Waals surface area contributed by atoms with E-state index in [2.05, 4.69) is 10.1 Å². The Morgan fingerprint density at radius 2 is 2.06 bits per heavy atom. The van der Waals surface area contributed by atoms with Crippen molar-refractivity contribution in [2.45, 2.75) is 13.0 Å². The van der Waals surface area contributed by atoms with E-state index in [1.165, 1.54) is 31.5 Å². The Morgan fingerprint density at radius 1 is 1.44 bits per heavy atom. The summed E-state index contributed by atoms with van der Waals surface area (Å²) in [4.78, 5) is 10.8. The van der Waals surface area contributed by atoms with Crippen molar-refractivity contribution in [3.05, 3.63) is 47.9 Å². The highest BCUT2D eigenvalue weighted by molar-refractivity contribution is 5.81. The van der Waals surface area contributed by atoms with E-state index in [4.69, 9.17) is 0 Å². The first-order valence-electron chi connectivity index (χ1n) is 4.89. The lowest BCUT2D eigenvalue weighted by atomic mass is 10.1. The van der Waals surface area contributed by atoms with Crippen LogP contribution in [-0.4, -0.2) is 13.1 Å². The first-order valence-corrected chi connectivity index (χ1v) is 4.89. The Balaban J connectivity index is 2.52. The van der Waals surface area contributed by atoms with Crippen LogP contribution in [0.15, 0.2) is 36.5 Å². The van der Waals surface area contributed by atoms with Crippen molar-refractivity contribution in [1.29, 1.82) is 0 Å². The van der Waals surface area contributed by atoms with Gasteiger partial charge in [-0.1, -0.05) is 12.1 Å². The number of esters is 1. The van der Waals surface area contributed by atoms with Crippen LogP contribution in [0, 0.1) is 5.82 Å². The van der Waals surface area contributed by atoms with Gasteiger partial charge in [0.1, 0.15) is 5.82 Å². The molecule has 1 rings (SSSR count). The summed E-state index contributed by atoms with van der Waals surface area (Å²) in [7, 11) is 1.32. The van der Waals surface area contributed by atoms with Crippen LogP contribution in [0.4, 0.5) is 4.39 Å². The molecule has 0 fully saturated rings. The summed E-state index contributed by atoms with van der Waals surface area (Å²) in [5.41, 5.74) is 0.941. The summed E-state index contributed by atoms with van der Waals surface area (Å²) in [5, 5.41) is 2.98. The van der Waals surface area contributed by atoms with Gasteiger partial charge in [-0.05, 0) is 24.6 Å². The summed E-state index contributed by atoms with van der Waals surface area (Å²) in [6.07, 6.45) is 2.81. The monoisotopic (exact) mass is 223 g/mol. The van der Waals surface area contributed by atoms with E-state index in [-0.39, 0.29) is 11.9 Å². The predicted octanol–water partition coefficient (Wildman–Crippen LogP) is 2.16. The molecule has 1 aromatic carbocycles. The van der Waals surface area contributed by atoms with Gasteiger partial charge in [0.2, 0.25) is 0 Å². The molecule has 0 bridgehead atoms. The molecule has 0 heterocycles. The van der Waals surface area contributed by atoms with Gasteiger partial charge in [-0.15, -0.1) is 0 Å².